The Morgan fingerprint density at radius 1 is 0.917 bits per heavy atom. The molecule has 0 radical (unpaired) electrons. The third-order valence-electron chi connectivity index (χ3n) is 2.59. The molecule has 0 aromatic carbocycles. The number of hydrogen-bond acceptors (Lipinski definition) is 1. The first-order valence-electron chi connectivity index (χ1n) is 4.90. The van der Waals surface area contributed by atoms with Gasteiger partial charge >= 0.3 is 0 Å². The molecule has 0 bridgehead atoms. The minimum atomic E-state index is -1.58. The minimum absolute atomic E-state index is 0.0584. The molecule has 0 heterocycles. The van der Waals surface area contributed by atoms with Gasteiger partial charge in [-0.05, 0) is 12.8 Å². The molecule has 1 rings (SSSR count). The molecule has 72 valence electrons. The van der Waals surface area contributed by atoms with Crippen LogP contribution in [0.25, 0.3) is 0 Å². The van der Waals surface area contributed by atoms with E-state index < -0.39 is 11.1 Å². The molecular formula is C9H18O2S. The average molecular weight is 190 g/mol. The van der Waals surface area contributed by atoms with Crippen molar-refractivity contribution in [3.8, 4) is 0 Å². The van der Waals surface area contributed by atoms with E-state index in [0.717, 1.165) is 25.7 Å². The molecule has 0 aromatic rings. The van der Waals surface area contributed by atoms with Gasteiger partial charge in [0, 0.05) is 0 Å². The van der Waals surface area contributed by atoms with E-state index in [4.69, 9.17) is 4.55 Å². The van der Waals surface area contributed by atoms with Crippen LogP contribution in [0.2, 0.25) is 0 Å². The summed E-state index contributed by atoms with van der Waals surface area (Å²) in [6.07, 6.45) is 9.27. The van der Waals surface area contributed by atoms with Crippen LogP contribution < -0.4 is 0 Å². The maximum Gasteiger partial charge on any atom is 0.155 e. The Morgan fingerprint density at radius 2 is 1.33 bits per heavy atom. The molecule has 0 spiro atoms. The number of hydrogen-bond donors (Lipinski definition) is 1. The fourth-order valence-electron chi connectivity index (χ4n) is 1.80. The third-order valence-corrected chi connectivity index (χ3v) is 3.63. The fourth-order valence-corrected chi connectivity index (χ4v) is 2.53. The predicted molar refractivity (Wildman–Crippen MR) is 51.5 cm³/mol. The molecule has 0 saturated heterocycles. The van der Waals surface area contributed by atoms with Gasteiger partial charge in [-0.2, -0.15) is 0 Å². The Kier molecular flexibility index (Phi) is 4.84. The van der Waals surface area contributed by atoms with Gasteiger partial charge in [-0.1, -0.05) is 38.5 Å². The molecule has 0 amide bonds. The maximum absolute atomic E-state index is 10.8. The highest BCUT2D eigenvalue weighted by Gasteiger charge is 2.15. The molecule has 1 atom stereocenters. The second-order valence-electron chi connectivity index (χ2n) is 3.60. The number of rotatable bonds is 1. The van der Waals surface area contributed by atoms with Crippen LogP contribution in [-0.4, -0.2) is 14.0 Å². The van der Waals surface area contributed by atoms with Gasteiger partial charge in [0.05, 0.1) is 5.25 Å². The largest absolute Gasteiger partial charge is 0.306 e. The van der Waals surface area contributed by atoms with Gasteiger partial charge in [-0.25, -0.2) is 4.21 Å². The Labute approximate surface area is 77.0 Å². The zero-order valence-corrected chi connectivity index (χ0v) is 8.31. The van der Waals surface area contributed by atoms with E-state index in [2.05, 4.69) is 0 Å². The van der Waals surface area contributed by atoms with Gasteiger partial charge in [0.1, 0.15) is 0 Å². The van der Waals surface area contributed by atoms with Crippen LogP contribution in [0.15, 0.2) is 0 Å². The molecule has 1 aliphatic carbocycles. The van der Waals surface area contributed by atoms with Crippen molar-refractivity contribution in [3.05, 3.63) is 0 Å². The normalized spacial score (nSPS) is 25.4. The molecular weight excluding hydrogens is 172 g/mol. The van der Waals surface area contributed by atoms with Crippen LogP contribution in [0.1, 0.15) is 51.4 Å². The van der Waals surface area contributed by atoms with E-state index in [9.17, 15) is 4.21 Å². The second-order valence-corrected chi connectivity index (χ2v) is 4.82. The van der Waals surface area contributed by atoms with Crippen LogP contribution in [0.5, 0.6) is 0 Å². The quantitative estimate of drug-likeness (QED) is 0.645. The van der Waals surface area contributed by atoms with Gasteiger partial charge in [0.15, 0.2) is 11.1 Å². The first kappa shape index (κ1) is 10.2. The first-order chi connectivity index (χ1) is 5.80. The molecule has 1 fully saturated rings. The lowest BCUT2D eigenvalue weighted by Gasteiger charge is -2.09. The molecule has 1 N–H and O–H groups in total. The van der Waals surface area contributed by atoms with Crippen molar-refractivity contribution in [1.82, 2.24) is 0 Å². The summed E-state index contributed by atoms with van der Waals surface area (Å²) in [7, 11) is 0. The lowest BCUT2D eigenvalue weighted by atomic mass is 10.1. The third kappa shape index (κ3) is 3.68. The predicted octanol–water partition coefficient (Wildman–Crippen LogP) is 2.71. The summed E-state index contributed by atoms with van der Waals surface area (Å²) in [5.41, 5.74) is 0. The highest BCUT2D eigenvalue weighted by Crippen LogP contribution is 2.19. The molecule has 1 aliphatic rings. The Balaban J connectivity index is 2.33. The van der Waals surface area contributed by atoms with E-state index >= 15 is 0 Å². The Morgan fingerprint density at radius 3 is 1.75 bits per heavy atom. The average Bonchev–Trinajstić information content (AvgIpc) is 2.15. The van der Waals surface area contributed by atoms with Crippen molar-refractivity contribution in [2.24, 2.45) is 0 Å². The highest BCUT2D eigenvalue weighted by molar-refractivity contribution is 7.79. The molecule has 1 unspecified atom stereocenters. The van der Waals surface area contributed by atoms with Crippen molar-refractivity contribution < 1.29 is 8.76 Å². The first-order valence-corrected chi connectivity index (χ1v) is 6.07. The zero-order valence-electron chi connectivity index (χ0n) is 7.50. The van der Waals surface area contributed by atoms with Crippen LogP contribution >= 0.6 is 0 Å². The van der Waals surface area contributed by atoms with E-state index in [1.165, 1.54) is 25.7 Å². The van der Waals surface area contributed by atoms with Gasteiger partial charge in [-0.3, -0.25) is 0 Å². The van der Waals surface area contributed by atoms with Crippen molar-refractivity contribution in [2.45, 2.75) is 56.6 Å². The van der Waals surface area contributed by atoms with Gasteiger partial charge in [-0.15, -0.1) is 0 Å². The summed E-state index contributed by atoms with van der Waals surface area (Å²) in [6.45, 7) is 0. The topological polar surface area (TPSA) is 37.3 Å². The maximum atomic E-state index is 10.8. The van der Waals surface area contributed by atoms with Crippen molar-refractivity contribution in [1.29, 1.82) is 0 Å². The highest BCUT2D eigenvalue weighted by atomic mass is 32.2. The summed E-state index contributed by atoms with van der Waals surface area (Å²) >= 11 is -1.58. The zero-order chi connectivity index (χ0) is 8.81. The molecule has 1 saturated carbocycles. The molecule has 3 heteroatoms. The SMILES string of the molecule is O=S(O)C1CCCCCCCC1. The van der Waals surface area contributed by atoms with Crippen molar-refractivity contribution >= 4 is 11.1 Å². The van der Waals surface area contributed by atoms with Gasteiger partial charge < -0.3 is 4.55 Å². The lowest BCUT2D eigenvalue weighted by Crippen LogP contribution is -2.13. The second kappa shape index (κ2) is 5.70. The standard InChI is InChI=1S/C9H18O2S/c10-12(11)9-7-5-3-1-2-4-6-8-9/h9H,1-8H2,(H,10,11). The molecule has 12 heavy (non-hydrogen) atoms. The van der Waals surface area contributed by atoms with Crippen molar-refractivity contribution in [2.75, 3.05) is 0 Å². The monoisotopic (exact) mass is 190 g/mol. The van der Waals surface area contributed by atoms with E-state index in [-0.39, 0.29) is 5.25 Å². The lowest BCUT2D eigenvalue weighted by molar-refractivity contribution is 0.521. The van der Waals surface area contributed by atoms with Crippen LogP contribution in [-0.2, 0) is 11.1 Å². The van der Waals surface area contributed by atoms with Crippen molar-refractivity contribution in [3.63, 3.8) is 0 Å². The van der Waals surface area contributed by atoms with E-state index in [1.54, 1.807) is 0 Å². The Bertz CT molecular complexity index is 137. The fraction of sp³-hybridized carbons (Fsp3) is 1.00. The molecule has 0 aromatic heterocycles. The van der Waals surface area contributed by atoms with Crippen LogP contribution in [0, 0.1) is 0 Å². The molecule has 0 aliphatic heterocycles. The van der Waals surface area contributed by atoms with Crippen LogP contribution in [0.4, 0.5) is 0 Å². The summed E-state index contributed by atoms with van der Waals surface area (Å²) in [5.74, 6) is 0. The van der Waals surface area contributed by atoms with Gasteiger partial charge in [0.25, 0.3) is 0 Å². The van der Waals surface area contributed by atoms with Crippen LogP contribution in [0.3, 0.4) is 0 Å². The van der Waals surface area contributed by atoms with E-state index in [0.29, 0.717) is 0 Å². The smallest absolute Gasteiger partial charge is 0.155 e. The minimum Gasteiger partial charge on any atom is -0.306 e. The van der Waals surface area contributed by atoms with Gasteiger partial charge in [0.2, 0.25) is 0 Å². The summed E-state index contributed by atoms with van der Waals surface area (Å²) in [6, 6.07) is 0. The summed E-state index contributed by atoms with van der Waals surface area (Å²) < 4.78 is 19.8. The Hall–Kier alpha value is 0.110. The summed E-state index contributed by atoms with van der Waals surface area (Å²) in [5, 5.41) is 0.0584. The molecule has 2 nitrogen and oxygen atoms in total. The summed E-state index contributed by atoms with van der Waals surface area (Å²) in [4.78, 5) is 0. The van der Waals surface area contributed by atoms with E-state index in [1.807, 2.05) is 0 Å².